The first-order chi connectivity index (χ1) is 8.93. The van der Waals surface area contributed by atoms with E-state index < -0.39 is 0 Å². The number of benzene rings is 1. The van der Waals surface area contributed by atoms with Crippen LogP contribution >= 0.6 is 12.4 Å². The third kappa shape index (κ3) is 3.64. The quantitative estimate of drug-likeness (QED) is 0.914. The smallest absolute Gasteiger partial charge is 0.0398 e. The van der Waals surface area contributed by atoms with Gasteiger partial charge in [0.1, 0.15) is 0 Å². The van der Waals surface area contributed by atoms with Gasteiger partial charge in [-0.05, 0) is 62.7 Å². The number of fused-ring (bicyclic) bond motifs is 1. The first-order valence-electron chi connectivity index (χ1n) is 7.47. The summed E-state index contributed by atoms with van der Waals surface area (Å²) >= 11 is 0. The highest BCUT2D eigenvalue weighted by Crippen LogP contribution is 2.27. The first-order valence-corrected chi connectivity index (χ1v) is 7.47. The third-order valence-corrected chi connectivity index (χ3v) is 4.47. The molecule has 1 aromatic rings. The Kier molecular flexibility index (Phi) is 5.53. The summed E-state index contributed by atoms with van der Waals surface area (Å²) in [6, 6.07) is 8.96. The lowest BCUT2D eigenvalue weighted by Gasteiger charge is -2.33. The minimum Gasteiger partial charge on any atom is -0.371 e. The van der Waals surface area contributed by atoms with Crippen LogP contribution in [-0.2, 0) is 6.42 Å². The summed E-state index contributed by atoms with van der Waals surface area (Å²) < 4.78 is 0. The largest absolute Gasteiger partial charge is 0.371 e. The maximum absolute atomic E-state index is 3.45. The highest BCUT2D eigenvalue weighted by atomic mass is 35.5. The number of para-hydroxylation sites is 1. The predicted octanol–water partition coefficient (Wildman–Crippen LogP) is 3.25. The molecule has 2 nitrogen and oxygen atoms in total. The highest BCUT2D eigenvalue weighted by molar-refractivity contribution is 5.85. The summed E-state index contributed by atoms with van der Waals surface area (Å²) in [4.78, 5) is 2.61. The lowest BCUT2D eigenvalue weighted by molar-refractivity contribution is 0.354. The maximum Gasteiger partial charge on any atom is 0.0398 e. The van der Waals surface area contributed by atoms with Gasteiger partial charge in [-0.15, -0.1) is 12.4 Å². The maximum atomic E-state index is 3.45. The topological polar surface area (TPSA) is 15.3 Å². The Morgan fingerprint density at radius 2 is 1.95 bits per heavy atom. The normalized spacial score (nSPS) is 19.7. The summed E-state index contributed by atoms with van der Waals surface area (Å²) in [5, 5.41) is 3.45. The molecule has 0 amide bonds. The van der Waals surface area contributed by atoms with Gasteiger partial charge in [-0.3, -0.25) is 0 Å². The number of nitrogens with zero attached hydrogens (tertiary/aromatic N) is 1. The fraction of sp³-hybridized carbons (Fsp3) is 0.625. The van der Waals surface area contributed by atoms with Crippen LogP contribution in [0, 0.1) is 5.92 Å². The van der Waals surface area contributed by atoms with Crippen molar-refractivity contribution >= 4 is 18.1 Å². The number of anilines is 1. The Hall–Kier alpha value is -0.730. The molecular weight excluding hydrogens is 256 g/mol. The van der Waals surface area contributed by atoms with Gasteiger partial charge in [0.15, 0.2) is 0 Å². The van der Waals surface area contributed by atoms with Crippen LogP contribution in [0.4, 0.5) is 5.69 Å². The molecule has 0 aromatic heterocycles. The van der Waals surface area contributed by atoms with Gasteiger partial charge >= 0.3 is 0 Å². The van der Waals surface area contributed by atoms with Crippen molar-refractivity contribution in [3.8, 4) is 0 Å². The molecule has 0 radical (unpaired) electrons. The molecule has 1 aromatic carbocycles. The zero-order valence-corrected chi connectivity index (χ0v) is 12.4. The summed E-state index contributed by atoms with van der Waals surface area (Å²) in [7, 11) is 0. The molecule has 0 unspecified atom stereocenters. The summed E-state index contributed by atoms with van der Waals surface area (Å²) in [6.07, 6.45) is 6.70. The molecule has 3 heteroatoms. The molecule has 3 rings (SSSR count). The molecule has 0 bridgehead atoms. The molecule has 0 saturated carbocycles. The number of hydrogen-bond donors (Lipinski definition) is 1. The average Bonchev–Trinajstić information content (AvgIpc) is 2.46. The number of nitrogens with one attached hydrogen (secondary N) is 1. The molecule has 0 atom stereocenters. The fourth-order valence-corrected chi connectivity index (χ4v) is 3.35. The second-order valence-electron chi connectivity index (χ2n) is 5.70. The van der Waals surface area contributed by atoms with Crippen LogP contribution in [0.5, 0.6) is 0 Å². The number of rotatable bonds is 3. The van der Waals surface area contributed by atoms with Crippen LogP contribution in [0.3, 0.4) is 0 Å². The number of aryl methyl sites for hydroxylation is 1. The molecule has 0 aliphatic carbocycles. The summed E-state index contributed by atoms with van der Waals surface area (Å²) in [5.74, 6) is 0.945. The predicted molar refractivity (Wildman–Crippen MR) is 84.4 cm³/mol. The summed E-state index contributed by atoms with van der Waals surface area (Å²) in [6.45, 7) is 4.95. The van der Waals surface area contributed by atoms with E-state index in [1.54, 1.807) is 5.56 Å². The van der Waals surface area contributed by atoms with Crippen LogP contribution in [0.2, 0.25) is 0 Å². The molecule has 2 aliphatic heterocycles. The Balaban J connectivity index is 0.00000133. The molecule has 0 spiro atoms. The number of piperidine rings is 1. The minimum absolute atomic E-state index is 0. The molecule has 1 N–H and O–H groups in total. The Labute approximate surface area is 123 Å². The van der Waals surface area contributed by atoms with Gasteiger partial charge in [0.05, 0.1) is 0 Å². The lowest BCUT2D eigenvalue weighted by Crippen LogP contribution is -2.34. The van der Waals surface area contributed by atoms with Crippen molar-refractivity contribution in [3.05, 3.63) is 29.8 Å². The van der Waals surface area contributed by atoms with Crippen molar-refractivity contribution < 1.29 is 0 Å². The van der Waals surface area contributed by atoms with E-state index >= 15 is 0 Å². The fourth-order valence-electron chi connectivity index (χ4n) is 3.35. The van der Waals surface area contributed by atoms with E-state index in [-0.39, 0.29) is 12.4 Å². The Morgan fingerprint density at radius 1 is 1.16 bits per heavy atom. The zero-order chi connectivity index (χ0) is 12.2. The van der Waals surface area contributed by atoms with Gasteiger partial charge in [-0.25, -0.2) is 0 Å². The van der Waals surface area contributed by atoms with E-state index in [1.807, 2.05) is 0 Å². The number of halogens is 1. The molecule has 106 valence electrons. The van der Waals surface area contributed by atoms with E-state index in [9.17, 15) is 0 Å². The van der Waals surface area contributed by atoms with Crippen LogP contribution in [-0.4, -0.2) is 26.2 Å². The van der Waals surface area contributed by atoms with Crippen molar-refractivity contribution in [2.75, 3.05) is 31.1 Å². The SMILES string of the molecule is Cl.c1ccc2c(c1)CCCN2CCC1CCNCC1. The third-order valence-electron chi connectivity index (χ3n) is 4.47. The van der Waals surface area contributed by atoms with E-state index in [4.69, 9.17) is 0 Å². The number of hydrogen-bond acceptors (Lipinski definition) is 2. The van der Waals surface area contributed by atoms with Crippen molar-refractivity contribution in [2.45, 2.75) is 32.1 Å². The van der Waals surface area contributed by atoms with Gasteiger partial charge in [-0.2, -0.15) is 0 Å². The van der Waals surface area contributed by atoms with Gasteiger partial charge in [-0.1, -0.05) is 18.2 Å². The van der Waals surface area contributed by atoms with Crippen LogP contribution in [0.1, 0.15) is 31.2 Å². The van der Waals surface area contributed by atoms with Crippen molar-refractivity contribution in [1.29, 1.82) is 0 Å². The van der Waals surface area contributed by atoms with Crippen molar-refractivity contribution in [2.24, 2.45) is 5.92 Å². The summed E-state index contributed by atoms with van der Waals surface area (Å²) in [5.41, 5.74) is 3.05. The highest BCUT2D eigenvalue weighted by Gasteiger charge is 2.18. The molecule has 1 saturated heterocycles. The molecule has 2 heterocycles. The Bertz CT molecular complexity index is 388. The van der Waals surface area contributed by atoms with Crippen molar-refractivity contribution in [1.82, 2.24) is 5.32 Å². The lowest BCUT2D eigenvalue weighted by atomic mass is 9.93. The standard InChI is InChI=1S/C16H24N2.ClH/c1-2-6-16-15(4-1)5-3-12-18(16)13-9-14-7-10-17-11-8-14;/h1-2,4,6,14,17H,3,5,7-13H2;1H. The second-order valence-corrected chi connectivity index (χ2v) is 5.70. The van der Waals surface area contributed by atoms with Crippen LogP contribution < -0.4 is 10.2 Å². The molecule has 2 aliphatic rings. The monoisotopic (exact) mass is 280 g/mol. The van der Waals surface area contributed by atoms with E-state index in [1.165, 1.54) is 64.0 Å². The first kappa shape index (κ1) is 14.7. The molecule has 1 fully saturated rings. The van der Waals surface area contributed by atoms with Crippen LogP contribution in [0.15, 0.2) is 24.3 Å². The van der Waals surface area contributed by atoms with Gasteiger partial charge in [0, 0.05) is 18.8 Å². The molecular formula is C16H25ClN2. The second kappa shape index (κ2) is 7.16. The van der Waals surface area contributed by atoms with Gasteiger partial charge in [0.25, 0.3) is 0 Å². The van der Waals surface area contributed by atoms with Gasteiger partial charge in [0.2, 0.25) is 0 Å². The van der Waals surface area contributed by atoms with Gasteiger partial charge < -0.3 is 10.2 Å². The van der Waals surface area contributed by atoms with E-state index in [2.05, 4.69) is 34.5 Å². The van der Waals surface area contributed by atoms with Crippen LogP contribution in [0.25, 0.3) is 0 Å². The zero-order valence-electron chi connectivity index (χ0n) is 11.6. The molecule has 19 heavy (non-hydrogen) atoms. The minimum atomic E-state index is 0. The van der Waals surface area contributed by atoms with Crippen molar-refractivity contribution in [3.63, 3.8) is 0 Å². The Morgan fingerprint density at radius 3 is 2.79 bits per heavy atom. The van der Waals surface area contributed by atoms with E-state index in [0.29, 0.717) is 0 Å². The van der Waals surface area contributed by atoms with E-state index in [0.717, 1.165) is 5.92 Å². The average molecular weight is 281 g/mol.